The number of rotatable bonds is 6. The van der Waals surface area contributed by atoms with E-state index in [4.69, 9.17) is 7.57 Å². The molecule has 2 heterocycles. The Morgan fingerprint density at radius 3 is 2.13 bits per heavy atom. The molecular formula is C10H13B2I2N3O4P2. The van der Waals surface area contributed by atoms with E-state index in [1.807, 2.05) is 22.0 Å². The van der Waals surface area contributed by atoms with Crippen molar-refractivity contribution < 1.29 is 19.2 Å². The van der Waals surface area contributed by atoms with E-state index in [0.717, 1.165) is 9.80 Å². The third-order valence-corrected chi connectivity index (χ3v) is 8.07. The SMILES string of the molecule is [B]P(I)C1CC(=O)N(CNCN2C(=O)CC(B(P)I)C2=O)C1=O. The van der Waals surface area contributed by atoms with Crippen LogP contribution in [0, 0.1) is 0 Å². The van der Waals surface area contributed by atoms with Crippen LogP contribution in [0.2, 0.25) is 5.82 Å². The molecule has 0 aromatic heterocycles. The van der Waals surface area contributed by atoms with Crippen LogP contribution in [0.15, 0.2) is 0 Å². The van der Waals surface area contributed by atoms with Gasteiger partial charge in [0.15, 0.2) is 0 Å². The molecule has 2 aliphatic heterocycles. The summed E-state index contributed by atoms with van der Waals surface area (Å²) < 4.78 is -0.0102. The molecule has 0 aliphatic carbocycles. The van der Waals surface area contributed by atoms with Crippen molar-refractivity contribution in [3.63, 3.8) is 0 Å². The van der Waals surface area contributed by atoms with Gasteiger partial charge in [-0.15, -0.1) is 22.4 Å². The van der Waals surface area contributed by atoms with Crippen LogP contribution in [0.5, 0.6) is 0 Å². The van der Waals surface area contributed by atoms with Crippen molar-refractivity contribution in [1.29, 1.82) is 0 Å². The molecule has 4 amide bonds. The molecule has 0 aromatic rings. The van der Waals surface area contributed by atoms with Gasteiger partial charge >= 0.3 is 0 Å². The van der Waals surface area contributed by atoms with Gasteiger partial charge in [0.25, 0.3) is 4.29 Å². The highest BCUT2D eigenvalue weighted by Crippen LogP contribution is 2.49. The van der Waals surface area contributed by atoms with Crippen LogP contribution in [0.3, 0.4) is 0 Å². The molecule has 2 rings (SSSR count). The van der Waals surface area contributed by atoms with Gasteiger partial charge in [0.1, 0.15) is 7.57 Å². The Hall–Kier alpha value is 0.690. The van der Waals surface area contributed by atoms with E-state index in [-0.39, 0.29) is 59.9 Å². The lowest BCUT2D eigenvalue weighted by Crippen LogP contribution is -2.45. The number of amides is 4. The molecule has 0 saturated carbocycles. The highest BCUT2D eigenvalue weighted by atomic mass is 127. The maximum atomic E-state index is 12.1. The summed E-state index contributed by atoms with van der Waals surface area (Å²) >= 11 is 4.08. The van der Waals surface area contributed by atoms with Crippen molar-refractivity contribution in [2.75, 3.05) is 13.3 Å². The van der Waals surface area contributed by atoms with Gasteiger partial charge in [0, 0.05) is 18.7 Å². The second-order valence-electron chi connectivity index (χ2n) is 5.21. The summed E-state index contributed by atoms with van der Waals surface area (Å²) in [4.78, 5) is 50.2. The van der Waals surface area contributed by atoms with Crippen molar-refractivity contribution in [2.24, 2.45) is 0 Å². The zero-order valence-electron chi connectivity index (χ0n) is 11.9. The van der Waals surface area contributed by atoms with Crippen molar-refractivity contribution in [3.05, 3.63) is 0 Å². The lowest BCUT2D eigenvalue weighted by molar-refractivity contribution is -0.139. The first-order chi connectivity index (χ1) is 10.7. The highest BCUT2D eigenvalue weighted by Gasteiger charge is 2.43. The second kappa shape index (κ2) is 8.38. The minimum Gasteiger partial charge on any atom is -0.281 e. The van der Waals surface area contributed by atoms with Crippen LogP contribution in [-0.4, -0.2) is 64.3 Å². The van der Waals surface area contributed by atoms with Gasteiger partial charge in [-0.25, -0.2) is 0 Å². The first kappa shape index (κ1) is 20.0. The molecule has 4 unspecified atom stereocenters. The summed E-state index contributed by atoms with van der Waals surface area (Å²) in [6, 6.07) is 0. The summed E-state index contributed by atoms with van der Waals surface area (Å²) in [5, 5.41) is 2.83. The van der Waals surface area contributed by atoms with Crippen molar-refractivity contribution in [2.45, 2.75) is 24.3 Å². The van der Waals surface area contributed by atoms with Gasteiger partial charge in [0.05, 0.1) is 19.0 Å². The topological polar surface area (TPSA) is 86.8 Å². The van der Waals surface area contributed by atoms with Crippen LogP contribution < -0.4 is 5.32 Å². The van der Waals surface area contributed by atoms with Crippen molar-refractivity contribution in [3.8, 4) is 0 Å². The summed E-state index contributed by atoms with van der Waals surface area (Å²) in [6.07, 6.45) is 0.312. The Morgan fingerprint density at radius 1 is 1.17 bits per heavy atom. The smallest absolute Gasteiger partial charge is 0.252 e. The first-order valence-electron chi connectivity index (χ1n) is 6.72. The molecule has 0 bridgehead atoms. The lowest BCUT2D eigenvalue weighted by atomic mass is 9.84. The number of carbonyl (C=O) groups is 4. The molecule has 7 nitrogen and oxygen atoms in total. The number of carbonyl (C=O) groups excluding carboxylic acids is 4. The van der Waals surface area contributed by atoms with Crippen LogP contribution in [-0.2, 0) is 19.2 Å². The third-order valence-electron chi connectivity index (χ3n) is 3.72. The summed E-state index contributed by atoms with van der Waals surface area (Å²) in [7, 11) is 8.28. The fourth-order valence-corrected chi connectivity index (χ4v) is 5.27. The van der Waals surface area contributed by atoms with Gasteiger partial charge < -0.3 is 0 Å². The largest absolute Gasteiger partial charge is 0.281 e. The molecule has 2 saturated heterocycles. The number of likely N-dealkylation sites (tertiary alicyclic amines) is 2. The maximum Gasteiger partial charge on any atom is 0.252 e. The molecule has 23 heavy (non-hydrogen) atoms. The summed E-state index contributed by atoms with van der Waals surface area (Å²) in [6.45, 7) is -0.0320. The van der Waals surface area contributed by atoms with Crippen molar-refractivity contribution >= 4 is 94.5 Å². The average molecular weight is 577 g/mol. The van der Waals surface area contributed by atoms with E-state index >= 15 is 0 Å². The molecule has 2 aliphatic rings. The summed E-state index contributed by atoms with van der Waals surface area (Å²) in [5.74, 6) is -1.39. The number of hydrogen-bond donors (Lipinski definition) is 1. The Balaban J connectivity index is 1.88. The predicted octanol–water partition coefficient (Wildman–Crippen LogP) is 0.461. The Bertz CT molecular complexity index is 508. The molecule has 4 atom stereocenters. The molecular weight excluding hydrogens is 564 g/mol. The van der Waals surface area contributed by atoms with Crippen LogP contribution in [0.4, 0.5) is 0 Å². The van der Waals surface area contributed by atoms with Gasteiger partial charge in [0.2, 0.25) is 23.6 Å². The number of halogens is 2. The molecule has 13 heteroatoms. The number of nitrogens with one attached hydrogen (secondary N) is 1. The Morgan fingerprint density at radius 2 is 1.70 bits per heavy atom. The maximum absolute atomic E-state index is 12.1. The van der Waals surface area contributed by atoms with Gasteiger partial charge in [-0.05, 0) is 0 Å². The Labute approximate surface area is 165 Å². The van der Waals surface area contributed by atoms with Gasteiger partial charge in [-0.2, -0.15) is 9.12 Å². The van der Waals surface area contributed by atoms with Crippen molar-refractivity contribution in [1.82, 2.24) is 15.1 Å². The minimum absolute atomic E-state index is 0.00839. The van der Waals surface area contributed by atoms with Gasteiger partial charge in [-0.1, -0.05) is 27.5 Å². The van der Waals surface area contributed by atoms with E-state index < -0.39 is 11.1 Å². The van der Waals surface area contributed by atoms with E-state index in [2.05, 4.69) is 36.8 Å². The molecule has 1 N–H and O–H groups in total. The summed E-state index contributed by atoms with van der Waals surface area (Å²) in [5.41, 5.74) is -1.49. The zero-order chi connectivity index (χ0) is 17.3. The molecule has 122 valence electrons. The van der Waals surface area contributed by atoms with Crippen LogP contribution in [0.1, 0.15) is 12.8 Å². The lowest BCUT2D eigenvalue weighted by Gasteiger charge is -2.20. The minimum atomic E-state index is -1.04. The number of hydrogen-bond acceptors (Lipinski definition) is 5. The number of imide groups is 2. The molecule has 2 radical (unpaired) electrons. The third kappa shape index (κ3) is 4.46. The zero-order valence-corrected chi connectivity index (χ0v) is 18.3. The van der Waals surface area contributed by atoms with E-state index in [0.29, 0.717) is 0 Å². The normalized spacial score (nSPS) is 26.4. The van der Waals surface area contributed by atoms with E-state index in [1.54, 1.807) is 0 Å². The monoisotopic (exact) mass is 577 g/mol. The highest BCUT2D eigenvalue weighted by molar-refractivity contribution is 14.2. The number of nitrogens with zero attached hydrogens (tertiary/aromatic N) is 2. The first-order valence-corrected chi connectivity index (χ1v) is 12.9. The Kier molecular flexibility index (Phi) is 7.29. The molecule has 0 spiro atoms. The fraction of sp³-hybridized carbons (Fsp3) is 0.600. The van der Waals surface area contributed by atoms with Crippen LogP contribution in [0.25, 0.3) is 0 Å². The van der Waals surface area contributed by atoms with Gasteiger partial charge in [-0.3, -0.25) is 34.3 Å². The predicted molar refractivity (Wildman–Crippen MR) is 110 cm³/mol. The quantitative estimate of drug-likeness (QED) is 0.215. The standard InChI is InChI=1S/C10H13B2I2N3O4P2/c11-23(14)6-2-8(19)17(10(6)21)4-15-3-16-7(18)1-5(9(16)20)12(13)22/h5-6,15H,1-4,22H2. The van der Waals surface area contributed by atoms with E-state index in [9.17, 15) is 19.2 Å². The molecule has 2 fully saturated rings. The second-order valence-corrected chi connectivity index (χ2v) is 13.4. The van der Waals surface area contributed by atoms with Crippen LogP contribution >= 0.6 is 59.0 Å². The average Bonchev–Trinajstić information content (AvgIpc) is 2.90. The van der Waals surface area contributed by atoms with E-state index in [1.165, 1.54) is 0 Å². The molecule has 0 aromatic carbocycles. The fourth-order valence-electron chi connectivity index (χ4n) is 2.42.